The summed E-state index contributed by atoms with van der Waals surface area (Å²) in [6.07, 6.45) is 1.30. The molecule has 52 heavy (non-hydrogen) atoms. The van der Waals surface area contributed by atoms with E-state index in [2.05, 4.69) is 20.9 Å². The number of halogens is 1. The maximum atomic E-state index is 15.9. The Bertz CT molecular complexity index is 2080. The zero-order valence-corrected chi connectivity index (χ0v) is 29.6. The van der Waals surface area contributed by atoms with E-state index in [1.165, 1.54) is 69.1 Å². The Kier molecular flexibility index (Phi) is 9.77. The van der Waals surface area contributed by atoms with E-state index in [4.69, 9.17) is 13.9 Å². The van der Waals surface area contributed by atoms with E-state index in [1.807, 2.05) is 12.1 Å². The van der Waals surface area contributed by atoms with Gasteiger partial charge >= 0.3 is 0 Å². The van der Waals surface area contributed by atoms with E-state index in [0.717, 1.165) is 36.0 Å². The number of carbonyl (C=O) groups excluding carboxylic acids is 1. The Morgan fingerprint density at radius 3 is 2.42 bits per heavy atom. The fraction of sp³-hybridized carbons (Fsp3) is 0.378. The number of anilines is 1. The van der Waals surface area contributed by atoms with Crippen molar-refractivity contribution in [2.45, 2.75) is 35.6 Å². The molecule has 2 fully saturated rings. The summed E-state index contributed by atoms with van der Waals surface area (Å²) in [7, 11) is -1.67. The van der Waals surface area contributed by atoms with Crippen molar-refractivity contribution in [1.29, 1.82) is 5.26 Å². The van der Waals surface area contributed by atoms with Gasteiger partial charge in [-0.05, 0) is 60.2 Å². The van der Waals surface area contributed by atoms with Gasteiger partial charge in [-0.25, -0.2) is 22.1 Å². The van der Waals surface area contributed by atoms with Gasteiger partial charge in [-0.2, -0.15) is 5.26 Å². The van der Waals surface area contributed by atoms with Crippen molar-refractivity contribution < 1.29 is 36.6 Å². The number of piperazine rings is 1. The molecule has 272 valence electrons. The van der Waals surface area contributed by atoms with Gasteiger partial charge in [-0.3, -0.25) is 19.5 Å². The molecule has 0 spiro atoms. The van der Waals surface area contributed by atoms with Gasteiger partial charge in [-0.1, -0.05) is 6.07 Å². The molecular formula is C37H39FN6O7S. The van der Waals surface area contributed by atoms with Crippen molar-refractivity contribution in [2.75, 3.05) is 64.4 Å². The molecule has 7 rings (SSSR count). The number of benzene rings is 3. The lowest BCUT2D eigenvalue weighted by atomic mass is 9.79. The van der Waals surface area contributed by atoms with Crippen LogP contribution in [0.15, 0.2) is 82.4 Å². The molecule has 0 radical (unpaired) electrons. The number of amides is 1. The number of methoxy groups -OCH3 is 2. The number of nitriles is 1. The number of β-amino-alcohol motifs (C(OH)–C–C–N with tert-alkyl or cyclic N) is 1. The van der Waals surface area contributed by atoms with E-state index in [1.54, 1.807) is 11.0 Å². The fourth-order valence-corrected chi connectivity index (χ4v) is 9.18. The minimum atomic E-state index is -4.59. The van der Waals surface area contributed by atoms with E-state index in [0.29, 0.717) is 24.4 Å². The molecule has 15 heteroatoms. The zero-order chi connectivity index (χ0) is 36.6. The summed E-state index contributed by atoms with van der Waals surface area (Å²) in [4.78, 5) is 25.9. The first kappa shape index (κ1) is 35.5. The van der Waals surface area contributed by atoms with Gasteiger partial charge in [0.2, 0.25) is 5.89 Å². The SMILES string of the molecule is COc1ccc(S(=O)(=O)N2C(=O)C(c3cc(CN4CCN(CCO)CC4)ccc3OC)(N3CC(F)CC3c3ncco3)c3cc(C#N)ccc32)cc1. The molecule has 1 amide bonds. The molecule has 1 N–H and O–H groups in total. The Labute approximate surface area is 301 Å². The monoisotopic (exact) mass is 730 g/mol. The molecule has 4 heterocycles. The number of aliphatic hydroxyl groups excluding tert-OH is 1. The lowest BCUT2D eigenvalue weighted by Gasteiger charge is -2.41. The van der Waals surface area contributed by atoms with Crippen LogP contribution in [-0.2, 0) is 26.9 Å². The molecule has 4 aromatic rings. The number of rotatable bonds is 11. The van der Waals surface area contributed by atoms with Crippen LogP contribution in [0.5, 0.6) is 11.5 Å². The molecule has 0 aliphatic carbocycles. The Morgan fingerprint density at radius 2 is 1.77 bits per heavy atom. The van der Waals surface area contributed by atoms with Crippen LogP contribution in [-0.4, -0.2) is 105 Å². The number of likely N-dealkylation sites (tertiary alicyclic amines) is 1. The molecule has 3 aliphatic rings. The number of alkyl halides is 1. The molecule has 13 nitrogen and oxygen atoms in total. The number of ether oxygens (including phenoxy) is 2. The third-order valence-electron chi connectivity index (χ3n) is 10.2. The summed E-state index contributed by atoms with van der Waals surface area (Å²) in [5.74, 6) is -0.0172. The summed E-state index contributed by atoms with van der Waals surface area (Å²) in [6, 6.07) is 16.8. The summed E-state index contributed by atoms with van der Waals surface area (Å²) >= 11 is 0. The molecule has 3 atom stereocenters. The Balaban J connectivity index is 1.45. The van der Waals surface area contributed by atoms with Crippen LogP contribution in [0, 0.1) is 11.3 Å². The van der Waals surface area contributed by atoms with Crippen LogP contribution in [0.2, 0.25) is 0 Å². The Hall–Kier alpha value is -4.85. The van der Waals surface area contributed by atoms with Crippen molar-refractivity contribution >= 4 is 21.6 Å². The topological polar surface area (TPSA) is 153 Å². The maximum Gasteiger partial charge on any atom is 0.271 e. The second-order valence-electron chi connectivity index (χ2n) is 13.1. The average Bonchev–Trinajstić information content (AvgIpc) is 3.89. The predicted molar refractivity (Wildman–Crippen MR) is 187 cm³/mol. The highest BCUT2D eigenvalue weighted by Gasteiger charge is 2.64. The van der Waals surface area contributed by atoms with Crippen molar-refractivity contribution in [3.8, 4) is 17.6 Å². The van der Waals surface area contributed by atoms with Crippen LogP contribution in [0.25, 0.3) is 0 Å². The van der Waals surface area contributed by atoms with Gasteiger partial charge in [-0.15, -0.1) is 0 Å². The normalized spacial score (nSPS) is 22.8. The summed E-state index contributed by atoms with van der Waals surface area (Å²) in [5, 5.41) is 19.5. The van der Waals surface area contributed by atoms with E-state index in [9.17, 15) is 18.8 Å². The van der Waals surface area contributed by atoms with Crippen LogP contribution < -0.4 is 13.8 Å². The molecule has 0 saturated carbocycles. The first-order valence-corrected chi connectivity index (χ1v) is 18.4. The minimum absolute atomic E-state index is 0.0285. The summed E-state index contributed by atoms with van der Waals surface area (Å²) in [6.45, 7) is 3.96. The maximum absolute atomic E-state index is 15.9. The molecule has 3 aliphatic heterocycles. The first-order valence-electron chi connectivity index (χ1n) is 17.0. The third-order valence-corrected chi connectivity index (χ3v) is 11.9. The van der Waals surface area contributed by atoms with Crippen molar-refractivity contribution in [1.82, 2.24) is 19.7 Å². The lowest BCUT2D eigenvalue weighted by molar-refractivity contribution is -0.127. The van der Waals surface area contributed by atoms with Gasteiger partial charge in [0.25, 0.3) is 15.9 Å². The standard InChI is InChI=1S/C37H39FN6O7S/c1-49-28-5-7-29(8-6-28)52(47,48)44-32-9-3-25(22-39)19-30(32)37(36(44)46,43-24-27(38)21-33(43)35-40-11-18-51-35)31-20-26(4-10-34(31)50-2)23-42-14-12-41(13-15-42)16-17-45/h3-11,18-20,27,33,45H,12-17,21,23-24H2,1-2H3. The van der Waals surface area contributed by atoms with Crippen LogP contribution in [0.4, 0.5) is 10.1 Å². The zero-order valence-electron chi connectivity index (χ0n) is 28.8. The number of fused-ring (bicyclic) bond motifs is 1. The largest absolute Gasteiger partial charge is 0.497 e. The molecular weight excluding hydrogens is 692 g/mol. The lowest BCUT2D eigenvalue weighted by Crippen LogP contribution is -2.55. The van der Waals surface area contributed by atoms with Crippen molar-refractivity contribution in [3.63, 3.8) is 0 Å². The number of aliphatic hydroxyl groups is 1. The molecule has 3 aromatic carbocycles. The number of oxazole rings is 1. The van der Waals surface area contributed by atoms with E-state index >= 15 is 9.18 Å². The van der Waals surface area contributed by atoms with Gasteiger partial charge in [0.15, 0.2) is 5.54 Å². The molecule has 3 unspecified atom stereocenters. The van der Waals surface area contributed by atoms with Crippen LogP contribution in [0.3, 0.4) is 0 Å². The minimum Gasteiger partial charge on any atom is -0.497 e. The number of aromatic nitrogens is 1. The van der Waals surface area contributed by atoms with Gasteiger partial charge in [0.1, 0.15) is 23.9 Å². The quantitative estimate of drug-likeness (QED) is 0.241. The highest BCUT2D eigenvalue weighted by molar-refractivity contribution is 7.93. The number of hydrogen-bond acceptors (Lipinski definition) is 12. The van der Waals surface area contributed by atoms with Crippen LogP contribution in [0.1, 0.15) is 40.6 Å². The average molecular weight is 731 g/mol. The highest BCUT2D eigenvalue weighted by Crippen LogP contribution is 2.57. The van der Waals surface area contributed by atoms with Gasteiger partial charge in [0.05, 0.1) is 55.3 Å². The number of nitrogens with zero attached hydrogens (tertiary/aromatic N) is 6. The second kappa shape index (κ2) is 14.3. The molecule has 2 saturated heterocycles. The fourth-order valence-electron chi connectivity index (χ4n) is 7.72. The van der Waals surface area contributed by atoms with Gasteiger partial charge in [0, 0.05) is 63.4 Å². The number of hydrogen-bond donors (Lipinski definition) is 1. The first-order chi connectivity index (χ1) is 25.1. The Morgan fingerprint density at radius 1 is 1.02 bits per heavy atom. The highest BCUT2D eigenvalue weighted by atomic mass is 32.2. The smallest absolute Gasteiger partial charge is 0.271 e. The predicted octanol–water partition coefficient (Wildman–Crippen LogP) is 3.44. The molecule has 1 aromatic heterocycles. The van der Waals surface area contributed by atoms with Gasteiger partial charge < -0.3 is 19.0 Å². The summed E-state index contributed by atoms with van der Waals surface area (Å²) < 4.78 is 62.8. The van der Waals surface area contributed by atoms with Crippen molar-refractivity contribution in [3.05, 3.63) is 101 Å². The van der Waals surface area contributed by atoms with Crippen molar-refractivity contribution in [2.24, 2.45) is 0 Å². The van der Waals surface area contributed by atoms with E-state index in [-0.39, 0.29) is 52.9 Å². The van der Waals surface area contributed by atoms with Crippen LogP contribution >= 0.6 is 0 Å². The molecule has 0 bridgehead atoms. The van der Waals surface area contributed by atoms with E-state index < -0.39 is 33.7 Å². The number of sulfonamides is 1. The summed E-state index contributed by atoms with van der Waals surface area (Å²) in [5.41, 5.74) is -0.502. The second-order valence-corrected chi connectivity index (χ2v) is 14.8. The number of carbonyl (C=O) groups is 1. The third kappa shape index (κ3) is 6.00.